The molecule has 1 aliphatic heterocycles. The van der Waals surface area contributed by atoms with Gasteiger partial charge in [0.05, 0.1) is 35.3 Å². The van der Waals surface area contributed by atoms with E-state index < -0.39 is 17.6 Å². The maximum Gasteiger partial charge on any atom is 0.416 e. The Bertz CT molecular complexity index is 1500. The lowest BCUT2D eigenvalue weighted by molar-refractivity contribution is -0.137. The summed E-state index contributed by atoms with van der Waals surface area (Å²) in [5.74, 6) is -0.701. The second-order valence-electron chi connectivity index (χ2n) is 9.76. The first-order valence-corrected chi connectivity index (χ1v) is 12.2. The van der Waals surface area contributed by atoms with Gasteiger partial charge in [0.1, 0.15) is 22.9 Å². The van der Waals surface area contributed by atoms with E-state index in [9.17, 15) is 13.2 Å². The molecule has 0 bridgehead atoms. The van der Waals surface area contributed by atoms with E-state index in [-0.39, 0.29) is 34.4 Å². The van der Waals surface area contributed by atoms with Crippen molar-refractivity contribution in [1.29, 1.82) is 0 Å². The predicted octanol–water partition coefficient (Wildman–Crippen LogP) is 6.03. The van der Waals surface area contributed by atoms with Crippen LogP contribution in [0.3, 0.4) is 0 Å². The minimum Gasteiger partial charge on any atom is -0.373 e. The van der Waals surface area contributed by atoms with Crippen LogP contribution in [0.4, 0.5) is 17.6 Å². The van der Waals surface area contributed by atoms with E-state index >= 15 is 4.39 Å². The van der Waals surface area contributed by atoms with Gasteiger partial charge in [0, 0.05) is 29.8 Å². The molecular weight excluding hydrogens is 488 g/mol. The molecule has 1 aliphatic carbocycles. The molecule has 4 aromatic rings. The highest BCUT2D eigenvalue weighted by atomic mass is 19.4. The van der Waals surface area contributed by atoms with Crippen LogP contribution < -0.4 is 0 Å². The summed E-state index contributed by atoms with van der Waals surface area (Å²) in [6.07, 6.45) is 2.49. The second-order valence-corrected chi connectivity index (χ2v) is 9.76. The Hall–Kier alpha value is -3.47. The van der Waals surface area contributed by atoms with Gasteiger partial charge in [-0.15, -0.1) is 0 Å². The van der Waals surface area contributed by atoms with E-state index in [1.807, 2.05) is 17.1 Å². The Morgan fingerprint density at radius 3 is 2.51 bits per heavy atom. The number of benzene rings is 1. The van der Waals surface area contributed by atoms with E-state index in [1.165, 1.54) is 0 Å². The van der Waals surface area contributed by atoms with Crippen molar-refractivity contribution in [3.05, 3.63) is 64.7 Å². The van der Waals surface area contributed by atoms with Crippen LogP contribution in [0.5, 0.6) is 0 Å². The zero-order valence-corrected chi connectivity index (χ0v) is 20.3. The molecule has 6 rings (SSSR count). The summed E-state index contributed by atoms with van der Waals surface area (Å²) in [4.78, 5) is 18.4. The molecular formula is C26H24F4N6O. The van der Waals surface area contributed by atoms with Crippen LogP contribution in [0.2, 0.25) is 0 Å². The van der Waals surface area contributed by atoms with Gasteiger partial charge in [-0.25, -0.2) is 24.3 Å². The van der Waals surface area contributed by atoms with Crippen molar-refractivity contribution in [1.82, 2.24) is 29.7 Å². The lowest BCUT2D eigenvalue weighted by Crippen LogP contribution is -2.20. The minimum atomic E-state index is -4.66. The first-order chi connectivity index (χ1) is 17.7. The predicted molar refractivity (Wildman–Crippen MR) is 126 cm³/mol. The molecule has 2 aliphatic rings. The van der Waals surface area contributed by atoms with Crippen molar-refractivity contribution >= 4 is 11.2 Å². The summed E-state index contributed by atoms with van der Waals surface area (Å²) in [7, 11) is 0. The van der Waals surface area contributed by atoms with Crippen molar-refractivity contribution in [2.24, 2.45) is 0 Å². The third-order valence-electron chi connectivity index (χ3n) is 7.07. The molecule has 1 saturated heterocycles. The van der Waals surface area contributed by atoms with Gasteiger partial charge in [-0.1, -0.05) is 0 Å². The van der Waals surface area contributed by atoms with Crippen LogP contribution in [0, 0.1) is 19.7 Å². The molecule has 0 unspecified atom stereocenters. The maximum atomic E-state index is 15.1. The molecule has 4 heterocycles. The highest BCUT2D eigenvalue weighted by molar-refractivity contribution is 5.87. The average Bonchev–Trinajstić information content (AvgIpc) is 3.60. The average molecular weight is 513 g/mol. The monoisotopic (exact) mass is 512 g/mol. The molecule has 1 aromatic carbocycles. The summed E-state index contributed by atoms with van der Waals surface area (Å²) in [6.45, 7) is 4.03. The zero-order valence-electron chi connectivity index (χ0n) is 20.3. The van der Waals surface area contributed by atoms with Crippen molar-refractivity contribution < 1.29 is 22.3 Å². The first kappa shape index (κ1) is 23.9. The van der Waals surface area contributed by atoms with Crippen LogP contribution in [0.15, 0.2) is 30.6 Å². The number of ether oxygens (including phenoxy) is 1. The number of hydrogen-bond donors (Lipinski definition) is 0. The first-order valence-electron chi connectivity index (χ1n) is 12.2. The van der Waals surface area contributed by atoms with Gasteiger partial charge >= 0.3 is 6.18 Å². The molecule has 0 N–H and O–H groups in total. The number of fused-ring (bicyclic) bond motifs is 1. The van der Waals surface area contributed by atoms with Gasteiger partial charge in [-0.05, 0) is 57.7 Å². The molecule has 0 radical (unpaired) electrons. The van der Waals surface area contributed by atoms with Gasteiger partial charge in [-0.3, -0.25) is 4.68 Å². The van der Waals surface area contributed by atoms with Gasteiger partial charge in [0.2, 0.25) is 0 Å². The Labute approximate surface area is 209 Å². The molecule has 3 aromatic heterocycles. The number of halogens is 4. The normalized spacial score (nSPS) is 20.5. The van der Waals surface area contributed by atoms with E-state index in [4.69, 9.17) is 4.74 Å². The Morgan fingerprint density at radius 1 is 1.00 bits per heavy atom. The molecule has 1 saturated carbocycles. The summed E-state index contributed by atoms with van der Waals surface area (Å²) in [5, 5.41) is 4.46. The topological polar surface area (TPSA) is 78.6 Å². The Morgan fingerprint density at radius 2 is 1.78 bits per heavy atom. The van der Waals surface area contributed by atoms with Crippen molar-refractivity contribution in [2.45, 2.75) is 63.8 Å². The van der Waals surface area contributed by atoms with Crippen LogP contribution in [-0.2, 0) is 10.9 Å². The number of alkyl halides is 3. The Balaban J connectivity index is 1.41. The van der Waals surface area contributed by atoms with Crippen LogP contribution in [-0.4, -0.2) is 36.3 Å². The number of aromatic nitrogens is 6. The third-order valence-corrected chi connectivity index (χ3v) is 7.07. The smallest absolute Gasteiger partial charge is 0.373 e. The Kier molecular flexibility index (Phi) is 5.70. The second kappa shape index (κ2) is 8.83. The quantitative estimate of drug-likeness (QED) is 0.311. The largest absolute Gasteiger partial charge is 0.416 e. The van der Waals surface area contributed by atoms with Crippen LogP contribution in [0.1, 0.15) is 72.1 Å². The fourth-order valence-corrected chi connectivity index (χ4v) is 4.70. The summed E-state index contributed by atoms with van der Waals surface area (Å²) in [6, 6.07) is 2.89. The van der Waals surface area contributed by atoms with E-state index in [0.717, 1.165) is 30.5 Å². The standard InChI is InChI=1S/C26H24F4N6O/c1-13-14(2)33-25-23(32-13)22(19-6-3-17(10-20(19)27)26(28,29)30)34-24(35-25)15-7-8-37-21(9-15)16-11-31-36(12-16)18-4-5-18/h3,6,10-12,15,18,21H,4-5,7-9H2,1-2H3/t15-,21+/m0/s1. The van der Waals surface area contributed by atoms with E-state index in [0.29, 0.717) is 48.8 Å². The molecule has 11 heteroatoms. The third kappa shape index (κ3) is 4.56. The van der Waals surface area contributed by atoms with Crippen molar-refractivity contribution in [2.75, 3.05) is 6.61 Å². The minimum absolute atomic E-state index is 0.0754. The van der Waals surface area contributed by atoms with Crippen molar-refractivity contribution in [3.8, 4) is 11.3 Å². The fourth-order valence-electron chi connectivity index (χ4n) is 4.70. The zero-order chi connectivity index (χ0) is 25.9. The molecule has 0 amide bonds. The fraction of sp³-hybridized carbons (Fsp3) is 0.423. The highest BCUT2D eigenvalue weighted by Gasteiger charge is 2.33. The molecule has 0 spiro atoms. The van der Waals surface area contributed by atoms with Gasteiger partial charge < -0.3 is 4.74 Å². The number of hydrogen-bond acceptors (Lipinski definition) is 6. The van der Waals surface area contributed by atoms with Crippen LogP contribution >= 0.6 is 0 Å². The van der Waals surface area contributed by atoms with Crippen LogP contribution in [0.25, 0.3) is 22.4 Å². The molecule has 7 nitrogen and oxygen atoms in total. The maximum absolute atomic E-state index is 15.1. The van der Waals surface area contributed by atoms with E-state index in [2.05, 4.69) is 25.0 Å². The molecule has 2 atom stereocenters. The summed E-state index contributed by atoms with van der Waals surface area (Å²) < 4.78 is 62.5. The highest BCUT2D eigenvalue weighted by Crippen LogP contribution is 2.40. The van der Waals surface area contributed by atoms with E-state index in [1.54, 1.807) is 13.8 Å². The lowest BCUT2D eigenvalue weighted by atomic mass is 9.92. The van der Waals surface area contributed by atoms with Crippen molar-refractivity contribution in [3.63, 3.8) is 0 Å². The number of rotatable bonds is 4. The SMILES string of the molecule is Cc1nc2nc([C@H]3CCO[C@@H](c4cnn(C5CC5)c4)C3)nc(-c3ccc(C(F)(F)F)cc3F)c2nc1C. The molecule has 192 valence electrons. The summed E-state index contributed by atoms with van der Waals surface area (Å²) >= 11 is 0. The van der Waals surface area contributed by atoms with Gasteiger partial charge in [0.25, 0.3) is 0 Å². The number of nitrogens with zero attached hydrogens (tertiary/aromatic N) is 6. The molecule has 2 fully saturated rings. The molecule has 37 heavy (non-hydrogen) atoms. The van der Waals surface area contributed by atoms with Gasteiger partial charge in [0.15, 0.2) is 5.65 Å². The van der Waals surface area contributed by atoms with Gasteiger partial charge in [-0.2, -0.15) is 18.3 Å². The lowest BCUT2D eigenvalue weighted by Gasteiger charge is -2.28. The number of aryl methyl sites for hydroxylation is 2. The summed E-state index contributed by atoms with van der Waals surface area (Å²) in [5.41, 5.74) is 1.78.